The van der Waals surface area contributed by atoms with Crippen LogP contribution in [0.2, 0.25) is 0 Å². The van der Waals surface area contributed by atoms with Crippen LogP contribution in [0.4, 0.5) is 0 Å². The molecule has 2 unspecified atom stereocenters. The third-order valence-electron chi connectivity index (χ3n) is 3.35. The normalized spacial score (nSPS) is 14.0. The molecule has 0 saturated heterocycles. The molecule has 2 atom stereocenters. The van der Waals surface area contributed by atoms with E-state index in [1.807, 2.05) is 30.3 Å². The minimum Gasteiger partial charge on any atom is -0.388 e. The Balaban J connectivity index is 2.86. The van der Waals surface area contributed by atoms with Crippen LogP contribution in [0.25, 0.3) is 0 Å². The Labute approximate surface area is 116 Å². The number of aliphatic hydroxyl groups excluding tert-OH is 1. The van der Waals surface area contributed by atoms with Crippen molar-refractivity contribution >= 4 is 17.2 Å². The second kappa shape index (κ2) is 7.49. The van der Waals surface area contributed by atoms with Crippen molar-refractivity contribution in [1.82, 2.24) is 4.90 Å². The standard InChI is InChI=1S/C15H23NOS/c1-4-13(15(18)16(5-2)6-3)14(17)12-10-8-7-9-11-12/h7-11,13-14,17H,4-6H2,1-3H3. The van der Waals surface area contributed by atoms with E-state index in [1.54, 1.807) is 0 Å². The third kappa shape index (κ3) is 3.53. The lowest BCUT2D eigenvalue weighted by Gasteiger charge is -2.30. The predicted molar refractivity (Wildman–Crippen MR) is 80.7 cm³/mol. The van der Waals surface area contributed by atoms with Crippen LogP contribution in [0.1, 0.15) is 38.9 Å². The van der Waals surface area contributed by atoms with E-state index in [2.05, 4.69) is 25.7 Å². The first-order valence-electron chi connectivity index (χ1n) is 6.67. The first kappa shape index (κ1) is 15.1. The van der Waals surface area contributed by atoms with E-state index in [9.17, 15) is 5.11 Å². The molecule has 1 aromatic rings. The van der Waals surface area contributed by atoms with Crippen molar-refractivity contribution in [2.75, 3.05) is 13.1 Å². The number of hydrogen-bond acceptors (Lipinski definition) is 2. The van der Waals surface area contributed by atoms with Gasteiger partial charge >= 0.3 is 0 Å². The molecule has 0 fully saturated rings. The van der Waals surface area contributed by atoms with Crippen LogP contribution in [-0.4, -0.2) is 28.1 Å². The van der Waals surface area contributed by atoms with Gasteiger partial charge in [0.25, 0.3) is 0 Å². The van der Waals surface area contributed by atoms with Gasteiger partial charge in [-0.15, -0.1) is 0 Å². The van der Waals surface area contributed by atoms with Crippen LogP contribution in [-0.2, 0) is 0 Å². The first-order valence-corrected chi connectivity index (χ1v) is 7.08. The van der Waals surface area contributed by atoms with Gasteiger partial charge in [-0.25, -0.2) is 0 Å². The van der Waals surface area contributed by atoms with Crippen LogP contribution in [0.5, 0.6) is 0 Å². The molecule has 0 aliphatic rings. The Morgan fingerprint density at radius 3 is 2.17 bits per heavy atom. The molecule has 0 heterocycles. The summed E-state index contributed by atoms with van der Waals surface area (Å²) in [5.74, 6) is 0.0160. The molecule has 18 heavy (non-hydrogen) atoms. The Kier molecular flexibility index (Phi) is 6.30. The van der Waals surface area contributed by atoms with Gasteiger partial charge in [-0.05, 0) is 25.8 Å². The molecule has 1 aromatic carbocycles. The number of hydrogen-bond donors (Lipinski definition) is 1. The Hall–Kier alpha value is -0.930. The van der Waals surface area contributed by atoms with Crippen molar-refractivity contribution in [3.63, 3.8) is 0 Å². The Morgan fingerprint density at radius 2 is 1.72 bits per heavy atom. The van der Waals surface area contributed by atoms with Crippen LogP contribution < -0.4 is 0 Å². The summed E-state index contributed by atoms with van der Waals surface area (Å²) >= 11 is 5.54. The molecule has 2 nitrogen and oxygen atoms in total. The van der Waals surface area contributed by atoms with Crippen molar-refractivity contribution in [1.29, 1.82) is 0 Å². The SMILES string of the molecule is CCC(C(=S)N(CC)CC)C(O)c1ccccc1. The summed E-state index contributed by atoms with van der Waals surface area (Å²) in [7, 11) is 0. The number of aliphatic hydroxyl groups is 1. The summed E-state index contributed by atoms with van der Waals surface area (Å²) < 4.78 is 0. The van der Waals surface area contributed by atoms with E-state index < -0.39 is 6.10 Å². The van der Waals surface area contributed by atoms with Gasteiger partial charge in [-0.2, -0.15) is 0 Å². The molecule has 0 aliphatic heterocycles. The van der Waals surface area contributed by atoms with E-state index >= 15 is 0 Å². The van der Waals surface area contributed by atoms with Gasteiger partial charge in [0.05, 0.1) is 11.1 Å². The molecular formula is C15H23NOS. The van der Waals surface area contributed by atoms with Gasteiger partial charge < -0.3 is 10.0 Å². The quantitative estimate of drug-likeness (QED) is 0.797. The number of rotatable bonds is 6. The zero-order valence-corrected chi connectivity index (χ0v) is 12.3. The summed E-state index contributed by atoms with van der Waals surface area (Å²) in [4.78, 5) is 3.02. The number of nitrogens with zero attached hydrogens (tertiary/aromatic N) is 1. The fraction of sp³-hybridized carbons (Fsp3) is 0.533. The molecule has 0 aliphatic carbocycles. The van der Waals surface area contributed by atoms with E-state index in [0.29, 0.717) is 0 Å². The van der Waals surface area contributed by atoms with E-state index in [4.69, 9.17) is 12.2 Å². The van der Waals surface area contributed by atoms with Crippen molar-refractivity contribution in [2.45, 2.75) is 33.3 Å². The summed E-state index contributed by atoms with van der Waals surface area (Å²) in [6, 6.07) is 9.77. The van der Waals surface area contributed by atoms with Crippen LogP contribution >= 0.6 is 12.2 Å². The Bertz CT molecular complexity index is 362. The first-order chi connectivity index (χ1) is 8.65. The van der Waals surface area contributed by atoms with Gasteiger partial charge in [-0.1, -0.05) is 49.5 Å². The van der Waals surface area contributed by atoms with E-state index in [1.165, 1.54) is 0 Å². The maximum absolute atomic E-state index is 10.5. The van der Waals surface area contributed by atoms with Crippen molar-refractivity contribution in [2.24, 2.45) is 5.92 Å². The van der Waals surface area contributed by atoms with Crippen molar-refractivity contribution in [3.8, 4) is 0 Å². The Morgan fingerprint density at radius 1 is 1.17 bits per heavy atom. The summed E-state index contributed by atoms with van der Waals surface area (Å²) in [6.07, 6.45) is 0.343. The maximum Gasteiger partial charge on any atom is 0.0881 e. The average molecular weight is 265 g/mol. The van der Waals surface area contributed by atoms with Crippen molar-refractivity contribution < 1.29 is 5.11 Å². The molecule has 0 spiro atoms. The van der Waals surface area contributed by atoms with Crippen LogP contribution in [0.3, 0.4) is 0 Å². The lowest BCUT2D eigenvalue weighted by Crippen LogP contribution is -2.36. The van der Waals surface area contributed by atoms with Crippen molar-refractivity contribution in [3.05, 3.63) is 35.9 Å². The smallest absolute Gasteiger partial charge is 0.0881 e. The summed E-state index contributed by atoms with van der Waals surface area (Å²) in [6.45, 7) is 8.06. The highest BCUT2D eigenvalue weighted by Gasteiger charge is 2.25. The largest absolute Gasteiger partial charge is 0.388 e. The fourth-order valence-electron chi connectivity index (χ4n) is 2.19. The van der Waals surface area contributed by atoms with Crippen LogP contribution in [0, 0.1) is 5.92 Å². The summed E-state index contributed by atoms with van der Waals surface area (Å²) in [5, 5.41) is 10.5. The summed E-state index contributed by atoms with van der Waals surface area (Å²) in [5.41, 5.74) is 0.943. The second-order valence-electron chi connectivity index (χ2n) is 4.38. The zero-order valence-electron chi connectivity index (χ0n) is 11.5. The minimum absolute atomic E-state index is 0.0160. The fourth-order valence-corrected chi connectivity index (χ4v) is 2.74. The molecular weight excluding hydrogens is 242 g/mol. The molecule has 0 amide bonds. The number of thiocarbonyl (C=S) groups is 1. The minimum atomic E-state index is -0.510. The van der Waals surface area contributed by atoms with Gasteiger partial charge in [-0.3, -0.25) is 0 Å². The molecule has 1 rings (SSSR count). The molecule has 1 N–H and O–H groups in total. The second-order valence-corrected chi connectivity index (χ2v) is 4.80. The topological polar surface area (TPSA) is 23.5 Å². The lowest BCUT2D eigenvalue weighted by atomic mass is 9.92. The maximum atomic E-state index is 10.5. The molecule has 0 aromatic heterocycles. The molecule has 0 bridgehead atoms. The molecule has 3 heteroatoms. The predicted octanol–water partition coefficient (Wildman–Crippen LogP) is 3.42. The molecule has 100 valence electrons. The highest BCUT2D eigenvalue weighted by Crippen LogP contribution is 2.27. The third-order valence-corrected chi connectivity index (χ3v) is 3.92. The average Bonchev–Trinajstić information content (AvgIpc) is 2.42. The lowest BCUT2D eigenvalue weighted by molar-refractivity contribution is 0.133. The highest BCUT2D eigenvalue weighted by atomic mass is 32.1. The monoisotopic (exact) mass is 265 g/mol. The van der Waals surface area contributed by atoms with Gasteiger partial charge in [0.15, 0.2) is 0 Å². The highest BCUT2D eigenvalue weighted by molar-refractivity contribution is 7.80. The van der Waals surface area contributed by atoms with Gasteiger partial charge in [0, 0.05) is 19.0 Å². The van der Waals surface area contributed by atoms with Gasteiger partial charge in [0.1, 0.15) is 0 Å². The zero-order chi connectivity index (χ0) is 13.5. The van der Waals surface area contributed by atoms with Gasteiger partial charge in [0.2, 0.25) is 0 Å². The van der Waals surface area contributed by atoms with E-state index in [0.717, 1.165) is 30.1 Å². The molecule has 0 saturated carbocycles. The molecule has 0 radical (unpaired) electrons. The van der Waals surface area contributed by atoms with E-state index in [-0.39, 0.29) is 5.92 Å². The van der Waals surface area contributed by atoms with Crippen LogP contribution in [0.15, 0.2) is 30.3 Å². The number of benzene rings is 1.